The Labute approximate surface area is 141 Å². The van der Waals surface area contributed by atoms with E-state index in [1.54, 1.807) is 0 Å². The molecule has 0 saturated carbocycles. The maximum Gasteiger partial charge on any atom is 0.265 e. The number of benzene rings is 2. The molecule has 2 aromatic rings. The standard InChI is InChI=1S/C18H20ClN3O/c19-17-9-5-4-8-16(17)14-21-10-12-22(13-11-21)20-18(23)15-6-2-1-3-7-15/h1-9H,10-14H2,(H,20,23)/p+1. The number of nitrogens with zero attached hydrogens (tertiary/aromatic N) is 1. The van der Waals surface area contributed by atoms with Crippen molar-refractivity contribution in [2.24, 2.45) is 0 Å². The maximum absolute atomic E-state index is 12.2. The van der Waals surface area contributed by atoms with E-state index in [0.717, 1.165) is 37.7 Å². The summed E-state index contributed by atoms with van der Waals surface area (Å²) in [5.74, 6) is -0.0415. The lowest BCUT2D eigenvalue weighted by Crippen LogP contribution is -3.13. The summed E-state index contributed by atoms with van der Waals surface area (Å²) in [5.41, 5.74) is 4.86. The van der Waals surface area contributed by atoms with Crippen LogP contribution < -0.4 is 10.3 Å². The van der Waals surface area contributed by atoms with Gasteiger partial charge in [0.05, 0.1) is 26.2 Å². The highest BCUT2D eigenvalue weighted by molar-refractivity contribution is 6.31. The summed E-state index contributed by atoms with van der Waals surface area (Å²) >= 11 is 6.23. The molecule has 0 aliphatic carbocycles. The third-order valence-corrected chi connectivity index (χ3v) is 4.53. The number of piperazine rings is 1. The predicted octanol–water partition coefficient (Wildman–Crippen LogP) is 1.39. The number of hydrogen-bond acceptors (Lipinski definition) is 2. The van der Waals surface area contributed by atoms with Crippen molar-refractivity contribution in [1.29, 1.82) is 0 Å². The molecule has 0 bridgehead atoms. The zero-order valence-electron chi connectivity index (χ0n) is 13.0. The first-order chi connectivity index (χ1) is 11.2. The molecule has 3 rings (SSSR count). The molecule has 0 atom stereocenters. The number of hydrogen-bond donors (Lipinski definition) is 2. The fourth-order valence-corrected chi connectivity index (χ4v) is 3.02. The first-order valence-electron chi connectivity index (χ1n) is 7.90. The minimum absolute atomic E-state index is 0.0415. The quantitative estimate of drug-likeness (QED) is 0.889. The molecule has 0 spiro atoms. The van der Waals surface area contributed by atoms with Crippen molar-refractivity contribution in [1.82, 2.24) is 10.4 Å². The van der Waals surface area contributed by atoms with Gasteiger partial charge < -0.3 is 4.90 Å². The lowest BCUT2D eigenvalue weighted by Gasteiger charge is -2.32. The van der Waals surface area contributed by atoms with Gasteiger partial charge in [0.25, 0.3) is 5.91 Å². The second-order valence-electron chi connectivity index (χ2n) is 5.81. The fraction of sp³-hybridized carbons (Fsp3) is 0.278. The fourth-order valence-electron chi connectivity index (χ4n) is 2.82. The summed E-state index contributed by atoms with van der Waals surface area (Å²) in [6.45, 7) is 4.59. The van der Waals surface area contributed by atoms with Crippen LogP contribution in [0.3, 0.4) is 0 Å². The maximum atomic E-state index is 12.2. The lowest BCUT2D eigenvalue weighted by molar-refractivity contribution is -0.918. The van der Waals surface area contributed by atoms with Crippen LogP contribution in [0.15, 0.2) is 54.6 Å². The summed E-state index contributed by atoms with van der Waals surface area (Å²) < 4.78 is 0. The van der Waals surface area contributed by atoms with Crippen LogP contribution in [0.5, 0.6) is 0 Å². The molecule has 0 aromatic heterocycles. The second-order valence-corrected chi connectivity index (χ2v) is 6.22. The largest absolute Gasteiger partial charge is 0.329 e. The Morgan fingerprint density at radius 3 is 2.39 bits per heavy atom. The Bertz CT molecular complexity index is 654. The molecule has 5 heteroatoms. The highest BCUT2D eigenvalue weighted by Gasteiger charge is 2.22. The zero-order valence-corrected chi connectivity index (χ0v) is 13.7. The van der Waals surface area contributed by atoms with Crippen LogP contribution in [0.25, 0.3) is 0 Å². The molecule has 1 saturated heterocycles. The Morgan fingerprint density at radius 2 is 1.70 bits per heavy atom. The molecular formula is C18H21ClN3O+. The monoisotopic (exact) mass is 330 g/mol. The van der Waals surface area contributed by atoms with Crippen LogP contribution in [0, 0.1) is 0 Å². The first kappa shape index (κ1) is 16.0. The van der Waals surface area contributed by atoms with Gasteiger partial charge in [-0.15, -0.1) is 0 Å². The molecule has 1 aliphatic rings. The number of rotatable bonds is 4. The van der Waals surface area contributed by atoms with E-state index in [4.69, 9.17) is 11.6 Å². The first-order valence-corrected chi connectivity index (χ1v) is 8.28. The van der Waals surface area contributed by atoms with Crippen molar-refractivity contribution in [3.8, 4) is 0 Å². The SMILES string of the molecule is O=C(NN1CC[NH+](Cc2ccccc2Cl)CC1)c1ccccc1. The third-order valence-electron chi connectivity index (χ3n) is 4.16. The molecule has 1 amide bonds. The van der Waals surface area contributed by atoms with E-state index in [9.17, 15) is 4.79 Å². The van der Waals surface area contributed by atoms with E-state index >= 15 is 0 Å². The summed E-state index contributed by atoms with van der Waals surface area (Å²) in [4.78, 5) is 13.6. The van der Waals surface area contributed by atoms with E-state index < -0.39 is 0 Å². The van der Waals surface area contributed by atoms with Crippen LogP contribution in [0.4, 0.5) is 0 Å². The van der Waals surface area contributed by atoms with Crippen molar-refractivity contribution in [2.75, 3.05) is 26.2 Å². The van der Waals surface area contributed by atoms with Gasteiger partial charge in [0.15, 0.2) is 0 Å². The van der Waals surface area contributed by atoms with Crippen LogP contribution in [-0.4, -0.2) is 37.1 Å². The molecule has 1 fully saturated rings. The van der Waals surface area contributed by atoms with Gasteiger partial charge in [0.2, 0.25) is 0 Å². The number of halogens is 1. The molecule has 120 valence electrons. The van der Waals surface area contributed by atoms with Crippen molar-refractivity contribution in [3.63, 3.8) is 0 Å². The normalized spacial score (nSPS) is 16.2. The van der Waals surface area contributed by atoms with Crippen molar-refractivity contribution >= 4 is 17.5 Å². The second kappa shape index (κ2) is 7.59. The van der Waals surface area contributed by atoms with Crippen LogP contribution in [0.2, 0.25) is 5.02 Å². The van der Waals surface area contributed by atoms with Crippen LogP contribution in [0.1, 0.15) is 15.9 Å². The summed E-state index contributed by atoms with van der Waals surface area (Å²) in [5, 5.41) is 2.84. The minimum Gasteiger partial charge on any atom is -0.329 e. The molecule has 2 aromatic carbocycles. The number of hydrazine groups is 1. The molecule has 0 radical (unpaired) electrons. The Kier molecular flexibility index (Phi) is 5.28. The van der Waals surface area contributed by atoms with E-state index in [1.807, 2.05) is 53.5 Å². The van der Waals surface area contributed by atoms with Gasteiger partial charge in [-0.2, -0.15) is 0 Å². The molecule has 2 N–H and O–H groups in total. The van der Waals surface area contributed by atoms with E-state index in [0.29, 0.717) is 5.56 Å². The minimum atomic E-state index is -0.0415. The van der Waals surface area contributed by atoms with E-state index in [-0.39, 0.29) is 5.91 Å². The van der Waals surface area contributed by atoms with Gasteiger partial charge in [-0.05, 0) is 18.2 Å². The van der Waals surface area contributed by atoms with Crippen LogP contribution >= 0.6 is 11.6 Å². The average Bonchev–Trinajstić information content (AvgIpc) is 2.59. The smallest absolute Gasteiger partial charge is 0.265 e. The van der Waals surface area contributed by atoms with E-state index in [2.05, 4.69) is 11.5 Å². The molecule has 0 unspecified atom stereocenters. The number of quaternary nitrogens is 1. The molecule has 1 aliphatic heterocycles. The molecule has 4 nitrogen and oxygen atoms in total. The Morgan fingerprint density at radius 1 is 1.04 bits per heavy atom. The number of carbonyl (C=O) groups excluding carboxylic acids is 1. The van der Waals surface area contributed by atoms with Gasteiger partial charge in [0, 0.05) is 16.1 Å². The van der Waals surface area contributed by atoms with E-state index in [1.165, 1.54) is 10.5 Å². The Balaban J connectivity index is 1.49. The predicted molar refractivity (Wildman–Crippen MR) is 91.3 cm³/mol. The summed E-state index contributed by atoms with van der Waals surface area (Å²) in [6.07, 6.45) is 0. The number of amides is 1. The summed E-state index contributed by atoms with van der Waals surface area (Å²) in [7, 11) is 0. The van der Waals surface area contributed by atoms with Crippen molar-refractivity contribution in [3.05, 3.63) is 70.7 Å². The zero-order chi connectivity index (χ0) is 16.1. The number of nitrogens with one attached hydrogen (secondary N) is 2. The van der Waals surface area contributed by atoms with Crippen molar-refractivity contribution in [2.45, 2.75) is 6.54 Å². The highest BCUT2D eigenvalue weighted by Crippen LogP contribution is 2.13. The van der Waals surface area contributed by atoms with Crippen LogP contribution in [-0.2, 0) is 6.54 Å². The average molecular weight is 331 g/mol. The van der Waals surface area contributed by atoms with Crippen molar-refractivity contribution < 1.29 is 9.69 Å². The summed E-state index contributed by atoms with van der Waals surface area (Å²) in [6, 6.07) is 17.3. The topological polar surface area (TPSA) is 36.8 Å². The highest BCUT2D eigenvalue weighted by atomic mass is 35.5. The van der Waals surface area contributed by atoms with Gasteiger partial charge in [-0.3, -0.25) is 10.2 Å². The lowest BCUT2D eigenvalue weighted by atomic mass is 10.2. The van der Waals surface area contributed by atoms with Gasteiger partial charge in [-0.1, -0.05) is 48.0 Å². The molecular weight excluding hydrogens is 310 g/mol. The van der Waals surface area contributed by atoms with Gasteiger partial charge in [-0.25, -0.2) is 5.01 Å². The molecule has 23 heavy (non-hydrogen) atoms. The van der Waals surface area contributed by atoms with Gasteiger partial charge in [0.1, 0.15) is 6.54 Å². The third kappa shape index (κ3) is 4.32. The Hall–Kier alpha value is -1.88. The number of carbonyl (C=O) groups is 1. The molecule has 1 heterocycles. The van der Waals surface area contributed by atoms with Gasteiger partial charge >= 0.3 is 0 Å².